The highest BCUT2D eigenvalue weighted by molar-refractivity contribution is 5.85. The molecule has 16 heavy (non-hydrogen) atoms. The van der Waals surface area contributed by atoms with Crippen LogP contribution in [0.3, 0.4) is 0 Å². The number of hydrogen-bond acceptors (Lipinski definition) is 1. The highest BCUT2D eigenvalue weighted by Gasteiger charge is 2.29. The third-order valence-corrected chi connectivity index (χ3v) is 3.67. The molecule has 1 aromatic carbocycles. The zero-order valence-electron chi connectivity index (χ0n) is 9.66. The van der Waals surface area contributed by atoms with Gasteiger partial charge in [-0.3, -0.25) is 0 Å². The molecule has 1 heteroatoms. The van der Waals surface area contributed by atoms with E-state index < -0.39 is 0 Å². The minimum Gasteiger partial charge on any atom is -0.319 e. The van der Waals surface area contributed by atoms with Gasteiger partial charge in [-0.15, -0.1) is 0 Å². The van der Waals surface area contributed by atoms with Gasteiger partial charge in [0.25, 0.3) is 0 Å². The van der Waals surface area contributed by atoms with Gasteiger partial charge in [0, 0.05) is 12.5 Å². The minimum atomic E-state index is 0.598. The molecular weight excluding hydrogens is 194 g/mol. The van der Waals surface area contributed by atoms with E-state index in [-0.39, 0.29) is 0 Å². The fourth-order valence-electron chi connectivity index (χ4n) is 2.98. The van der Waals surface area contributed by atoms with Gasteiger partial charge < -0.3 is 5.32 Å². The second-order valence-electron chi connectivity index (χ2n) is 4.58. The predicted octanol–water partition coefficient (Wildman–Crippen LogP) is 3.11. The van der Waals surface area contributed by atoms with Crippen LogP contribution >= 0.6 is 0 Å². The van der Waals surface area contributed by atoms with Crippen LogP contribution in [-0.4, -0.2) is 13.6 Å². The third-order valence-electron chi connectivity index (χ3n) is 3.67. The molecule has 1 atom stereocenters. The van der Waals surface area contributed by atoms with Crippen molar-refractivity contribution in [3.63, 3.8) is 0 Å². The maximum absolute atomic E-state index is 3.33. The second-order valence-corrected chi connectivity index (χ2v) is 4.58. The summed E-state index contributed by atoms with van der Waals surface area (Å²) in [5.41, 5.74) is 6.09. The normalized spacial score (nSPS) is 22.2. The van der Waals surface area contributed by atoms with E-state index in [0.717, 1.165) is 6.54 Å². The summed E-state index contributed by atoms with van der Waals surface area (Å²) in [4.78, 5) is 0. The average Bonchev–Trinajstić information content (AvgIpc) is 2.66. The summed E-state index contributed by atoms with van der Waals surface area (Å²) in [7, 11) is 2.04. The van der Waals surface area contributed by atoms with Gasteiger partial charge in [0.2, 0.25) is 0 Å². The van der Waals surface area contributed by atoms with Gasteiger partial charge in [-0.2, -0.15) is 0 Å². The van der Waals surface area contributed by atoms with E-state index in [2.05, 4.69) is 41.7 Å². The molecule has 0 saturated carbocycles. The topological polar surface area (TPSA) is 12.0 Å². The maximum atomic E-state index is 3.33. The van der Waals surface area contributed by atoms with Crippen LogP contribution in [0.4, 0.5) is 0 Å². The predicted molar refractivity (Wildman–Crippen MR) is 68.4 cm³/mol. The Balaban J connectivity index is 2.12. The average molecular weight is 211 g/mol. The lowest BCUT2D eigenvalue weighted by molar-refractivity contribution is 0.682. The van der Waals surface area contributed by atoms with Gasteiger partial charge in [0.05, 0.1) is 0 Å². The molecule has 82 valence electrons. The first kappa shape index (κ1) is 9.86. The number of allylic oxidation sites excluding steroid dienone is 3. The Bertz CT molecular complexity index is 468. The molecule has 0 heterocycles. The number of hydrogen-bond donors (Lipinski definition) is 1. The van der Waals surface area contributed by atoms with Crippen LogP contribution in [0.1, 0.15) is 29.9 Å². The second kappa shape index (κ2) is 3.91. The van der Waals surface area contributed by atoms with Crippen LogP contribution in [0.5, 0.6) is 0 Å². The van der Waals surface area contributed by atoms with Crippen LogP contribution in [0.25, 0.3) is 5.57 Å². The lowest BCUT2D eigenvalue weighted by Gasteiger charge is -2.17. The van der Waals surface area contributed by atoms with Crippen molar-refractivity contribution in [1.82, 2.24) is 5.32 Å². The molecule has 1 nitrogen and oxygen atoms in total. The summed E-state index contributed by atoms with van der Waals surface area (Å²) < 4.78 is 0. The number of benzene rings is 1. The Kier molecular flexibility index (Phi) is 2.41. The first-order valence-corrected chi connectivity index (χ1v) is 6.05. The largest absolute Gasteiger partial charge is 0.319 e. The van der Waals surface area contributed by atoms with Gasteiger partial charge >= 0.3 is 0 Å². The van der Waals surface area contributed by atoms with Crippen molar-refractivity contribution >= 4 is 5.57 Å². The van der Waals surface area contributed by atoms with Crippen LogP contribution < -0.4 is 5.32 Å². The fraction of sp³-hybridized carbons (Fsp3) is 0.333. The van der Waals surface area contributed by atoms with Crippen molar-refractivity contribution in [3.8, 4) is 0 Å². The SMILES string of the molecule is CNCC1C2=C(C=CCC2)c2ccccc21. The zero-order valence-corrected chi connectivity index (χ0v) is 9.66. The van der Waals surface area contributed by atoms with Crippen molar-refractivity contribution < 1.29 is 0 Å². The van der Waals surface area contributed by atoms with Crippen LogP contribution in [0.15, 0.2) is 42.0 Å². The summed E-state index contributed by atoms with van der Waals surface area (Å²) in [6, 6.07) is 8.84. The van der Waals surface area contributed by atoms with Crippen LogP contribution in [0.2, 0.25) is 0 Å². The molecule has 1 N–H and O–H groups in total. The Labute approximate surface area is 96.9 Å². The Morgan fingerprint density at radius 2 is 2.19 bits per heavy atom. The van der Waals surface area contributed by atoms with Crippen molar-refractivity contribution in [1.29, 1.82) is 0 Å². The molecule has 0 aromatic heterocycles. The van der Waals surface area contributed by atoms with E-state index in [4.69, 9.17) is 0 Å². The number of rotatable bonds is 2. The molecule has 0 radical (unpaired) electrons. The summed E-state index contributed by atoms with van der Waals surface area (Å²) in [6.07, 6.45) is 7.05. The standard InChI is InChI=1S/C15H17N/c1-16-10-15-13-8-4-2-6-11(13)12-7-3-5-9-14(12)15/h2-4,6-8,15-16H,5,9-10H2,1H3. The van der Waals surface area contributed by atoms with Crippen molar-refractivity contribution in [2.75, 3.05) is 13.6 Å². The van der Waals surface area contributed by atoms with Crippen LogP contribution in [0, 0.1) is 0 Å². The molecule has 1 unspecified atom stereocenters. The Morgan fingerprint density at radius 1 is 1.31 bits per heavy atom. The first-order valence-electron chi connectivity index (χ1n) is 6.05. The van der Waals surface area contributed by atoms with E-state index >= 15 is 0 Å². The fourth-order valence-corrected chi connectivity index (χ4v) is 2.98. The zero-order chi connectivity index (χ0) is 11.0. The first-order chi connectivity index (χ1) is 7.92. The lowest BCUT2D eigenvalue weighted by atomic mass is 9.91. The van der Waals surface area contributed by atoms with Crippen molar-refractivity contribution in [2.45, 2.75) is 18.8 Å². The smallest absolute Gasteiger partial charge is 0.0188 e. The molecule has 1 aromatic rings. The third kappa shape index (κ3) is 1.35. The van der Waals surface area contributed by atoms with Gasteiger partial charge in [0.15, 0.2) is 0 Å². The molecule has 0 spiro atoms. The molecule has 0 saturated heterocycles. The lowest BCUT2D eigenvalue weighted by Crippen LogP contribution is -2.17. The van der Waals surface area contributed by atoms with Gasteiger partial charge in [-0.1, -0.05) is 42.0 Å². The number of likely N-dealkylation sites (N-methyl/N-ethyl adjacent to an activating group) is 1. The molecule has 2 aliphatic carbocycles. The molecule has 0 amide bonds. The van der Waals surface area contributed by atoms with Crippen molar-refractivity contribution in [3.05, 3.63) is 53.1 Å². The van der Waals surface area contributed by atoms with E-state index in [9.17, 15) is 0 Å². The summed E-state index contributed by atoms with van der Waals surface area (Å²) >= 11 is 0. The molecule has 3 rings (SSSR count). The molecular formula is C15H17N. The minimum absolute atomic E-state index is 0.598. The summed E-state index contributed by atoms with van der Waals surface area (Å²) in [5.74, 6) is 0.598. The van der Waals surface area contributed by atoms with E-state index in [1.54, 1.807) is 5.57 Å². The Hall–Kier alpha value is -1.34. The van der Waals surface area contributed by atoms with E-state index in [1.165, 1.54) is 29.5 Å². The number of nitrogens with one attached hydrogen (secondary N) is 1. The Morgan fingerprint density at radius 3 is 3.06 bits per heavy atom. The van der Waals surface area contributed by atoms with Crippen molar-refractivity contribution in [2.24, 2.45) is 0 Å². The molecule has 0 fully saturated rings. The quantitative estimate of drug-likeness (QED) is 0.792. The van der Waals surface area contributed by atoms with E-state index in [0.29, 0.717) is 5.92 Å². The van der Waals surface area contributed by atoms with E-state index in [1.807, 2.05) is 7.05 Å². The van der Waals surface area contributed by atoms with Gasteiger partial charge in [0.1, 0.15) is 0 Å². The summed E-state index contributed by atoms with van der Waals surface area (Å²) in [5, 5.41) is 3.33. The van der Waals surface area contributed by atoms with Gasteiger partial charge in [-0.05, 0) is 36.6 Å². The maximum Gasteiger partial charge on any atom is 0.0188 e. The highest BCUT2D eigenvalue weighted by atomic mass is 14.8. The van der Waals surface area contributed by atoms with Gasteiger partial charge in [-0.25, -0.2) is 0 Å². The van der Waals surface area contributed by atoms with Crippen LogP contribution in [-0.2, 0) is 0 Å². The summed E-state index contributed by atoms with van der Waals surface area (Å²) in [6.45, 7) is 1.06. The molecule has 0 aliphatic heterocycles. The highest BCUT2D eigenvalue weighted by Crippen LogP contribution is 2.45. The molecule has 0 bridgehead atoms. The molecule has 2 aliphatic rings. The number of fused-ring (bicyclic) bond motifs is 2. The monoisotopic (exact) mass is 211 g/mol.